The average Bonchev–Trinajstić information content (AvgIpc) is 3.33. The second-order valence-electron chi connectivity index (χ2n) is 20.7. The topological polar surface area (TPSA) is 108 Å². The lowest BCUT2D eigenvalue weighted by molar-refractivity contribution is -0.870. The highest BCUT2D eigenvalue weighted by Gasteiger charge is 2.27. The minimum Gasteiger partial charge on any atom is -0.462 e. The van der Waals surface area contributed by atoms with Gasteiger partial charge < -0.3 is 18.9 Å². The van der Waals surface area contributed by atoms with E-state index < -0.39 is 26.5 Å². The Hall–Kier alpha value is -2.55. The number of carbonyl (C=O) groups is 2. The molecule has 0 aliphatic carbocycles. The van der Waals surface area contributed by atoms with Crippen LogP contribution in [-0.4, -0.2) is 74.9 Å². The number of phosphoric ester groups is 1. The summed E-state index contributed by atoms with van der Waals surface area (Å²) in [4.78, 5) is 35.7. The molecule has 0 aromatic carbocycles. The van der Waals surface area contributed by atoms with Crippen LogP contribution in [0.3, 0.4) is 0 Å². The van der Waals surface area contributed by atoms with Gasteiger partial charge in [-0.3, -0.25) is 18.6 Å². The Morgan fingerprint density at radius 1 is 0.451 bits per heavy atom. The predicted molar refractivity (Wildman–Crippen MR) is 302 cm³/mol. The van der Waals surface area contributed by atoms with E-state index in [1.54, 1.807) is 0 Å². The fourth-order valence-corrected chi connectivity index (χ4v) is 8.76. The van der Waals surface area contributed by atoms with E-state index >= 15 is 0 Å². The van der Waals surface area contributed by atoms with Crippen LogP contribution in [0.15, 0.2) is 72.9 Å². The van der Waals surface area contributed by atoms with Gasteiger partial charge in [-0.1, -0.05) is 247 Å². The Balaban J connectivity index is 4.19. The number of unbranched alkanes of at least 4 members (excludes halogenated alkanes) is 27. The van der Waals surface area contributed by atoms with E-state index in [1.165, 1.54) is 135 Å². The Labute approximate surface area is 438 Å². The van der Waals surface area contributed by atoms with Crippen LogP contribution in [0, 0.1) is 0 Å². The van der Waals surface area contributed by atoms with Crippen LogP contribution in [0.2, 0.25) is 0 Å². The standard InChI is InChI=1S/C61H110NO8P/c1-6-8-10-12-14-16-18-20-22-24-26-28-29-30-31-32-33-34-36-38-40-42-44-46-48-50-52-54-61(64)70-59(58-69-71(65,66)68-56-55-62(3,4)5)57-67-60(63)53-51-49-47-45-43-41-39-37-35-27-25-23-21-19-17-15-13-11-9-7-2/h8,10,14,16,20,22,26,28,30-31,33-34,59H,6-7,9,11-13,15,17-19,21,23-25,27,29,32,35-58H2,1-5H3/p+1/b10-8-,16-14-,22-20-,28-26-,31-30-,34-33-. The zero-order valence-electron chi connectivity index (χ0n) is 46.7. The molecule has 10 heteroatoms. The molecule has 1 N–H and O–H groups in total. The van der Waals surface area contributed by atoms with Gasteiger partial charge in [-0.15, -0.1) is 0 Å². The molecule has 0 aromatic rings. The van der Waals surface area contributed by atoms with E-state index in [1.807, 2.05) is 21.1 Å². The number of allylic oxidation sites excluding steroid dienone is 12. The average molecular weight is 1020 g/mol. The molecule has 0 saturated heterocycles. The molecule has 0 aliphatic heterocycles. The van der Waals surface area contributed by atoms with Crippen LogP contribution in [0.5, 0.6) is 0 Å². The lowest BCUT2D eigenvalue weighted by Gasteiger charge is -2.24. The number of quaternary nitrogens is 1. The van der Waals surface area contributed by atoms with Crippen LogP contribution >= 0.6 is 7.82 Å². The summed E-state index contributed by atoms with van der Waals surface area (Å²) in [6.07, 6.45) is 68.2. The first kappa shape index (κ1) is 68.5. The Morgan fingerprint density at radius 3 is 1.20 bits per heavy atom. The molecule has 2 unspecified atom stereocenters. The third-order valence-corrected chi connectivity index (χ3v) is 13.5. The van der Waals surface area contributed by atoms with E-state index in [0.29, 0.717) is 17.4 Å². The van der Waals surface area contributed by atoms with Gasteiger partial charge in [0, 0.05) is 12.8 Å². The second-order valence-corrected chi connectivity index (χ2v) is 22.1. The summed E-state index contributed by atoms with van der Waals surface area (Å²) in [7, 11) is 1.47. The predicted octanol–water partition coefficient (Wildman–Crippen LogP) is 18.1. The number of esters is 2. The van der Waals surface area contributed by atoms with E-state index in [0.717, 1.165) is 83.5 Å². The molecule has 412 valence electrons. The summed E-state index contributed by atoms with van der Waals surface area (Å²) in [6, 6.07) is 0. The number of hydrogen-bond acceptors (Lipinski definition) is 7. The van der Waals surface area contributed by atoms with Crippen molar-refractivity contribution in [2.75, 3.05) is 47.5 Å². The van der Waals surface area contributed by atoms with Gasteiger partial charge >= 0.3 is 19.8 Å². The number of likely N-dealkylation sites (N-methyl/N-ethyl adjacent to an activating group) is 1. The molecule has 0 spiro atoms. The molecule has 2 atom stereocenters. The van der Waals surface area contributed by atoms with Gasteiger partial charge in [-0.2, -0.15) is 0 Å². The first-order valence-corrected chi connectivity index (χ1v) is 30.7. The molecular formula is C61H111NO8P+. The normalized spacial score (nSPS) is 13.8. The first-order valence-electron chi connectivity index (χ1n) is 29.2. The van der Waals surface area contributed by atoms with Gasteiger partial charge in [0.1, 0.15) is 19.8 Å². The summed E-state index contributed by atoms with van der Waals surface area (Å²) in [5.74, 6) is -0.801. The van der Waals surface area contributed by atoms with Crippen molar-refractivity contribution in [2.24, 2.45) is 0 Å². The maximum atomic E-state index is 12.8. The molecule has 0 rings (SSSR count). The van der Waals surface area contributed by atoms with Crippen LogP contribution in [-0.2, 0) is 32.7 Å². The summed E-state index contributed by atoms with van der Waals surface area (Å²) in [6.45, 7) is 4.33. The summed E-state index contributed by atoms with van der Waals surface area (Å²) in [5.41, 5.74) is 0. The first-order chi connectivity index (χ1) is 34.5. The van der Waals surface area contributed by atoms with E-state index in [-0.39, 0.29) is 32.0 Å². The van der Waals surface area contributed by atoms with E-state index in [4.69, 9.17) is 18.5 Å². The smallest absolute Gasteiger partial charge is 0.462 e. The van der Waals surface area contributed by atoms with Crippen molar-refractivity contribution in [2.45, 2.75) is 258 Å². The minimum absolute atomic E-state index is 0.0283. The molecule has 0 bridgehead atoms. The van der Waals surface area contributed by atoms with Crippen LogP contribution < -0.4 is 0 Å². The van der Waals surface area contributed by atoms with Crippen molar-refractivity contribution >= 4 is 19.8 Å². The van der Waals surface area contributed by atoms with Gasteiger partial charge in [0.05, 0.1) is 27.7 Å². The fourth-order valence-electron chi connectivity index (χ4n) is 8.02. The van der Waals surface area contributed by atoms with Gasteiger partial charge in [0.15, 0.2) is 6.10 Å². The molecule has 0 heterocycles. The van der Waals surface area contributed by atoms with Crippen molar-refractivity contribution in [3.8, 4) is 0 Å². The van der Waals surface area contributed by atoms with E-state index in [2.05, 4.69) is 86.8 Å². The maximum Gasteiger partial charge on any atom is 0.472 e. The third-order valence-electron chi connectivity index (χ3n) is 12.5. The van der Waals surface area contributed by atoms with Gasteiger partial charge in [0.25, 0.3) is 0 Å². The Kier molecular flexibility index (Phi) is 50.4. The maximum absolute atomic E-state index is 12.8. The molecule has 0 aromatic heterocycles. The summed E-state index contributed by atoms with van der Waals surface area (Å²) >= 11 is 0. The highest BCUT2D eigenvalue weighted by Crippen LogP contribution is 2.43. The molecule has 71 heavy (non-hydrogen) atoms. The number of rotatable bonds is 53. The third kappa shape index (κ3) is 56.6. The van der Waals surface area contributed by atoms with Crippen LogP contribution in [0.4, 0.5) is 0 Å². The highest BCUT2D eigenvalue weighted by molar-refractivity contribution is 7.47. The highest BCUT2D eigenvalue weighted by atomic mass is 31.2. The molecule has 0 saturated carbocycles. The quantitative estimate of drug-likeness (QED) is 0.0211. The summed E-state index contributed by atoms with van der Waals surface area (Å²) < 4.78 is 34.6. The van der Waals surface area contributed by atoms with Crippen LogP contribution in [0.25, 0.3) is 0 Å². The number of hydrogen-bond donors (Lipinski definition) is 1. The minimum atomic E-state index is -4.39. The molecule has 0 amide bonds. The molecule has 0 fully saturated rings. The Bertz CT molecular complexity index is 1430. The molecule has 0 aliphatic rings. The van der Waals surface area contributed by atoms with Crippen molar-refractivity contribution in [3.63, 3.8) is 0 Å². The largest absolute Gasteiger partial charge is 0.472 e. The summed E-state index contributed by atoms with van der Waals surface area (Å²) in [5, 5.41) is 0. The molecular weight excluding hydrogens is 906 g/mol. The molecule has 0 radical (unpaired) electrons. The van der Waals surface area contributed by atoms with Crippen molar-refractivity contribution in [1.29, 1.82) is 0 Å². The van der Waals surface area contributed by atoms with Crippen LogP contribution in [0.1, 0.15) is 251 Å². The lowest BCUT2D eigenvalue weighted by Crippen LogP contribution is -2.37. The van der Waals surface area contributed by atoms with Gasteiger partial charge in [-0.05, 0) is 64.2 Å². The van der Waals surface area contributed by atoms with Crippen molar-refractivity contribution < 1.29 is 42.1 Å². The zero-order valence-corrected chi connectivity index (χ0v) is 47.6. The lowest BCUT2D eigenvalue weighted by atomic mass is 10.0. The zero-order chi connectivity index (χ0) is 52.0. The fraction of sp³-hybridized carbons (Fsp3) is 0.770. The number of phosphoric acid groups is 1. The van der Waals surface area contributed by atoms with Gasteiger partial charge in [-0.25, -0.2) is 4.57 Å². The monoisotopic (exact) mass is 1020 g/mol. The molecule has 9 nitrogen and oxygen atoms in total. The van der Waals surface area contributed by atoms with Crippen molar-refractivity contribution in [3.05, 3.63) is 72.9 Å². The van der Waals surface area contributed by atoms with Gasteiger partial charge in [0.2, 0.25) is 0 Å². The SMILES string of the molecule is CC/C=C\C/C=C\C/C=C\C/C=C\C/C=C\C/C=C\CCCCCCCCCCC(=O)OC(COC(=O)CCCCCCCCCCCCCCCCCCCCCC)COP(=O)(O)OCC[N+](C)(C)C. The number of carbonyl (C=O) groups excluding carboxylic acids is 2. The number of nitrogens with zero attached hydrogens (tertiary/aromatic N) is 1. The van der Waals surface area contributed by atoms with Crippen molar-refractivity contribution in [1.82, 2.24) is 0 Å². The second kappa shape index (κ2) is 52.3. The number of ether oxygens (including phenoxy) is 2. The van der Waals surface area contributed by atoms with E-state index in [9.17, 15) is 19.0 Å². The Morgan fingerprint density at radius 2 is 0.803 bits per heavy atom.